The molecule has 1 amide bonds. The molecule has 4 nitrogen and oxygen atoms in total. The number of hydrogen-bond donors (Lipinski definition) is 1. The van der Waals surface area contributed by atoms with Crippen LogP contribution in [0, 0.1) is 5.92 Å². The van der Waals surface area contributed by atoms with Crippen LogP contribution < -0.4 is 10.1 Å². The number of aryl methyl sites for hydroxylation is 1. The highest BCUT2D eigenvalue weighted by Crippen LogP contribution is 2.46. The van der Waals surface area contributed by atoms with E-state index < -0.39 is 11.7 Å². The molecule has 2 fully saturated rings. The molecule has 2 aromatic carbocycles. The molecule has 0 atom stereocenters. The monoisotopic (exact) mass is 484 g/mol. The summed E-state index contributed by atoms with van der Waals surface area (Å²) in [5.41, 5.74) is 5.82. The number of ether oxygens (including phenoxy) is 1. The van der Waals surface area contributed by atoms with Crippen molar-refractivity contribution in [1.82, 2.24) is 10.2 Å². The normalized spacial score (nSPS) is 18.8. The highest BCUT2D eigenvalue weighted by molar-refractivity contribution is 5.79. The lowest BCUT2D eigenvalue weighted by molar-refractivity contribution is -0.138. The van der Waals surface area contributed by atoms with Gasteiger partial charge in [-0.1, -0.05) is 23.8 Å². The lowest BCUT2D eigenvalue weighted by Gasteiger charge is -2.39. The molecule has 0 unspecified atom stereocenters. The summed E-state index contributed by atoms with van der Waals surface area (Å²) in [6.45, 7) is 4.92. The van der Waals surface area contributed by atoms with Crippen LogP contribution in [0.1, 0.15) is 59.9 Å². The topological polar surface area (TPSA) is 41.6 Å². The lowest BCUT2D eigenvalue weighted by atomic mass is 9.85. The minimum Gasteiger partial charge on any atom is -0.489 e. The van der Waals surface area contributed by atoms with Crippen molar-refractivity contribution >= 4 is 11.5 Å². The van der Waals surface area contributed by atoms with Gasteiger partial charge in [-0.3, -0.25) is 9.69 Å². The fraction of sp³-hybridized carbons (Fsp3) is 0.464. The summed E-state index contributed by atoms with van der Waals surface area (Å²) in [5.74, 6) is 0.976. The van der Waals surface area contributed by atoms with Crippen molar-refractivity contribution in [3.8, 4) is 5.75 Å². The van der Waals surface area contributed by atoms with Crippen LogP contribution in [0.25, 0.3) is 5.57 Å². The Labute approximate surface area is 204 Å². The van der Waals surface area contributed by atoms with E-state index in [1.165, 1.54) is 34.4 Å². The molecule has 1 saturated carbocycles. The highest BCUT2D eigenvalue weighted by atomic mass is 19.4. The third-order valence-electron chi connectivity index (χ3n) is 7.54. The van der Waals surface area contributed by atoms with Gasteiger partial charge in [0.1, 0.15) is 12.4 Å². The molecule has 5 rings (SSSR count). The first-order valence-electron chi connectivity index (χ1n) is 12.3. The first-order valence-corrected chi connectivity index (χ1v) is 12.3. The second kappa shape index (κ2) is 9.34. The Balaban J connectivity index is 1.23. The van der Waals surface area contributed by atoms with Gasteiger partial charge in [-0.15, -0.1) is 0 Å². The third kappa shape index (κ3) is 5.10. The first kappa shape index (κ1) is 23.9. The van der Waals surface area contributed by atoms with Gasteiger partial charge in [0.05, 0.1) is 11.5 Å². The molecule has 1 heterocycles. The molecule has 1 N–H and O–H groups in total. The van der Waals surface area contributed by atoms with Crippen molar-refractivity contribution in [2.75, 3.05) is 26.7 Å². The van der Waals surface area contributed by atoms with Crippen molar-refractivity contribution in [2.24, 2.45) is 5.92 Å². The standard InChI is InChI=1S/C28H31F3N2O2/c1-17-21(13-33-14-22(15-33)27(34)32-2)7-6-20-12-23(8-9-24(17)20)35-16-18-3-10-26(28(29,30)31)25(11-18)19-4-5-19/h3,8-12,19,22H,4-7,13-16H2,1-2H3,(H,32,34). The van der Waals surface area contributed by atoms with Crippen molar-refractivity contribution in [3.63, 3.8) is 0 Å². The number of likely N-dealkylation sites (tertiary alicyclic amines) is 1. The zero-order valence-electron chi connectivity index (χ0n) is 20.2. The number of rotatable bonds is 7. The number of allylic oxidation sites excluding steroid dienone is 1. The molecular formula is C28H31F3N2O2. The number of carbonyl (C=O) groups excluding carboxylic acids is 1. The molecule has 7 heteroatoms. The molecule has 3 aliphatic rings. The van der Waals surface area contributed by atoms with Gasteiger partial charge < -0.3 is 10.1 Å². The van der Waals surface area contributed by atoms with E-state index >= 15 is 0 Å². The van der Waals surface area contributed by atoms with Gasteiger partial charge in [0.25, 0.3) is 0 Å². The van der Waals surface area contributed by atoms with E-state index in [0.29, 0.717) is 5.56 Å². The summed E-state index contributed by atoms with van der Waals surface area (Å²) in [5, 5.41) is 2.72. The van der Waals surface area contributed by atoms with Crippen LogP contribution >= 0.6 is 0 Å². The van der Waals surface area contributed by atoms with Crippen LogP contribution in [0.3, 0.4) is 0 Å². The van der Waals surface area contributed by atoms with Crippen LogP contribution in [0.15, 0.2) is 42.0 Å². The van der Waals surface area contributed by atoms with E-state index in [9.17, 15) is 18.0 Å². The number of alkyl halides is 3. The highest BCUT2D eigenvalue weighted by Gasteiger charge is 2.38. The predicted octanol–water partition coefficient (Wildman–Crippen LogP) is 5.56. The van der Waals surface area contributed by atoms with Gasteiger partial charge in [-0.25, -0.2) is 0 Å². The van der Waals surface area contributed by atoms with Gasteiger partial charge in [0.2, 0.25) is 5.91 Å². The molecule has 0 spiro atoms. The van der Waals surface area contributed by atoms with Gasteiger partial charge >= 0.3 is 6.18 Å². The van der Waals surface area contributed by atoms with E-state index in [2.05, 4.69) is 29.3 Å². The Hall–Kier alpha value is -2.80. The maximum atomic E-state index is 13.3. The fourth-order valence-electron chi connectivity index (χ4n) is 5.29. The zero-order chi connectivity index (χ0) is 24.7. The zero-order valence-corrected chi connectivity index (χ0v) is 20.2. The van der Waals surface area contributed by atoms with Gasteiger partial charge in [0.15, 0.2) is 0 Å². The summed E-state index contributed by atoms with van der Waals surface area (Å²) in [7, 11) is 1.68. The summed E-state index contributed by atoms with van der Waals surface area (Å²) < 4.78 is 46.0. The predicted molar refractivity (Wildman–Crippen MR) is 129 cm³/mol. The van der Waals surface area contributed by atoms with E-state index in [1.807, 2.05) is 6.07 Å². The Morgan fingerprint density at radius 3 is 2.57 bits per heavy atom. The van der Waals surface area contributed by atoms with E-state index in [-0.39, 0.29) is 24.3 Å². The molecule has 1 saturated heterocycles. The molecule has 0 aromatic heterocycles. The van der Waals surface area contributed by atoms with Crippen molar-refractivity contribution < 1.29 is 22.7 Å². The number of hydrogen-bond acceptors (Lipinski definition) is 3. The molecule has 2 aliphatic carbocycles. The minimum absolute atomic E-state index is 0.0187. The quantitative estimate of drug-likeness (QED) is 0.560. The largest absolute Gasteiger partial charge is 0.489 e. The maximum absolute atomic E-state index is 13.3. The van der Waals surface area contributed by atoms with Gasteiger partial charge in [-0.2, -0.15) is 13.2 Å². The van der Waals surface area contributed by atoms with Crippen LogP contribution in [-0.2, 0) is 24.0 Å². The SMILES string of the molecule is CNC(=O)C1CN(CC2=C(C)c3ccc(OCc4ccc(C(F)(F)F)c(C5CC5)c4)cc3CC2)C1. The number of nitrogens with zero attached hydrogens (tertiary/aromatic N) is 1. The Kier molecular flexibility index (Phi) is 6.38. The Morgan fingerprint density at radius 1 is 1.11 bits per heavy atom. The maximum Gasteiger partial charge on any atom is 0.416 e. The number of carbonyl (C=O) groups is 1. The third-order valence-corrected chi connectivity index (χ3v) is 7.54. The van der Waals surface area contributed by atoms with E-state index in [0.717, 1.165) is 56.6 Å². The summed E-state index contributed by atoms with van der Waals surface area (Å²) in [6.07, 6.45) is -0.772. The van der Waals surface area contributed by atoms with Crippen molar-refractivity contribution in [3.05, 3.63) is 69.8 Å². The lowest BCUT2D eigenvalue weighted by Crippen LogP contribution is -2.53. The number of benzene rings is 2. The molecule has 1 aliphatic heterocycles. The van der Waals surface area contributed by atoms with Gasteiger partial charge in [-0.05, 0) is 84.6 Å². The first-order chi connectivity index (χ1) is 16.7. The number of halogens is 3. The van der Waals surface area contributed by atoms with E-state index in [4.69, 9.17) is 4.74 Å². The smallest absolute Gasteiger partial charge is 0.416 e. The molecule has 0 radical (unpaired) electrons. The molecule has 186 valence electrons. The fourth-order valence-corrected chi connectivity index (χ4v) is 5.29. The van der Waals surface area contributed by atoms with E-state index in [1.54, 1.807) is 13.1 Å². The average Bonchev–Trinajstić information content (AvgIpc) is 3.65. The summed E-state index contributed by atoms with van der Waals surface area (Å²) in [4.78, 5) is 14.1. The van der Waals surface area contributed by atoms with Crippen molar-refractivity contribution in [2.45, 2.75) is 51.3 Å². The summed E-state index contributed by atoms with van der Waals surface area (Å²) in [6, 6.07) is 10.5. The summed E-state index contributed by atoms with van der Waals surface area (Å²) >= 11 is 0. The number of amides is 1. The number of fused-ring (bicyclic) bond motifs is 1. The van der Waals surface area contributed by atoms with Crippen LogP contribution in [0.4, 0.5) is 13.2 Å². The molecule has 35 heavy (non-hydrogen) atoms. The minimum atomic E-state index is -4.32. The second-order valence-corrected chi connectivity index (χ2v) is 10.0. The second-order valence-electron chi connectivity index (χ2n) is 10.0. The van der Waals surface area contributed by atoms with Gasteiger partial charge in [0, 0.05) is 26.7 Å². The van der Waals surface area contributed by atoms with Crippen LogP contribution in [0.2, 0.25) is 0 Å². The molecule has 0 bridgehead atoms. The molecular weight excluding hydrogens is 453 g/mol. The average molecular weight is 485 g/mol. The van der Waals surface area contributed by atoms with Crippen LogP contribution in [-0.4, -0.2) is 37.5 Å². The number of nitrogens with one attached hydrogen (secondary N) is 1. The molecule has 2 aromatic rings. The van der Waals surface area contributed by atoms with Crippen molar-refractivity contribution in [1.29, 1.82) is 0 Å². The van der Waals surface area contributed by atoms with Crippen LogP contribution in [0.5, 0.6) is 5.75 Å². The Morgan fingerprint density at radius 2 is 1.89 bits per heavy atom. The Bertz CT molecular complexity index is 1160.